The van der Waals surface area contributed by atoms with Crippen LogP contribution in [0.15, 0.2) is 12.1 Å². The van der Waals surface area contributed by atoms with Crippen LogP contribution in [0.1, 0.15) is 76.5 Å². The van der Waals surface area contributed by atoms with E-state index in [0.717, 1.165) is 11.8 Å². The second-order valence-corrected chi connectivity index (χ2v) is 9.91. The Morgan fingerprint density at radius 3 is 2.48 bits per heavy atom. The van der Waals surface area contributed by atoms with Crippen molar-refractivity contribution in [2.45, 2.75) is 78.6 Å². The van der Waals surface area contributed by atoms with Gasteiger partial charge in [-0.3, -0.25) is 0 Å². The van der Waals surface area contributed by atoms with Gasteiger partial charge in [0.15, 0.2) is 0 Å². The summed E-state index contributed by atoms with van der Waals surface area (Å²) in [5.74, 6) is 2.04. The van der Waals surface area contributed by atoms with Crippen LogP contribution in [0.4, 0.5) is 0 Å². The van der Waals surface area contributed by atoms with Crippen LogP contribution in [0.2, 0.25) is 0 Å². The molecule has 0 bridgehead atoms. The molecule has 4 rings (SSSR count). The van der Waals surface area contributed by atoms with Gasteiger partial charge in [-0.1, -0.05) is 34.1 Å². The van der Waals surface area contributed by atoms with Crippen LogP contribution in [0.3, 0.4) is 0 Å². The summed E-state index contributed by atoms with van der Waals surface area (Å²) in [5, 5.41) is 10.1. The predicted octanol–water partition coefficient (Wildman–Crippen LogP) is 5.76. The summed E-state index contributed by atoms with van der Waals surface area (Å²) >= 11 is 0. The lowest BCUT2D eigenvalue weighted by atomic mass is 9.43. The maximum Gasteiger partial charge on any atom is 0.116 e. The molecule has 4 atom stereocenters. The lowest BCUT2D eigenvalue weighted by Gasteiger charge is -2.61. The normalized spacial score (nSPS) is 41.1. The largest absolute Gasteiger partial charge is 0.508 e. The van der Waals surface area contributed by atoms with Gasteiger partial charge in [0.2, 0.25) is 0 Å². The van der Waals surface area contributed by atoms with Crippen molar-refractivity contribution in [3.8, 4) is 5.75 Å². The van der Waals surface area contributed by atoms with E-state index in [-0.39, 0.29) is 0 Å². The molecule has 0 aromatic heterocycles. The first-order valence-corrected chi connectivity index (χ1v) is 9.51. The van der Waals surface area contributed by atoms with Gasteiger partial charge in [0.05, 0.1) is 0 Å². The summed E-state index contributed by atoms with van der Waals surface area (Å²) in [6.07, 6.45) is 8.03. The van der Waals surface area contributed by atoms with Crippen molar-refractivity contribution in [1.29, 1.82) is 0 Å². The van der Waals surface area contributed by atoms with Gasteiger partial charge in [0, 0.05) is 0 Å². The molecular weight excluding hydrogens is 280 g/mol. The predicted molar refractivity (Wildman–Crippen MR) is 95.9 cm³/mol. The van der Waals surface area contributed by atoms with Crippen molar-refractivity contribution in [1.82, 2.24) is 0 Å². The smallest absolute Gasteiger partial charge is 0.116 e. The average Bonchev–Trinajstić information content (AvgIpc) is 2.71. The third-order valence-corrected chi connectivity index (χ3v) is 8.19. The minimum Gasteiger partial charge on any atom is -0.508 e. The molecule has 0 amide bonds. The van der Waals surface area contributed by atoms with E-state index in [2.05, 4.69) is 40.7 Å². The molecule has 0 spiro atoms. The molecule has 1 unspecified atom stereocenters. The van der Waals surface area contributed by atoms with E-state index in [1.165, 1.54) is 49.7 Å². The van der Waals surface area contributed by atoms with Gasteiger partial charge < -0.3 is 5.11 Å². The first-order valence-electron chi connectivity index (χ1n) is 9.51. The van der Waals surface area contributed by atoms with E-state index < -0.39 is 0 Å². The van der Waals surface area contributed by atoms with Crippen molar-refractivity contribution < 1.29 is 5.11 Å². The number of fused-ring (bicyclic) bond motifs is 5. The van der Waals surface area contributed by atoms with Crippen LogP contribution < -0.4 is 0 Å². The molecule has 1 nitrogen and oxygen atoms in total. The molecule has 1 N–H and O–H groups in total. The Morgan fingerprint density at radius 2 is 1.74 bits per heavy atom. The molecule has 0 saturated heterocycles. The maximum atomic E-state index is 10.1. The van der Waals surface area contributed by atoms with Crippen LogP contribution in [0, 0.1) is 29.6 Å². The summed E-state index contributed by atoms with van der Waals surface area (Å²) in [6, 6.07) is 4.03. The highest BCUT2D eigenvalue weighted by atomic mass is 16.3. The lowest BCUT2D eigenvalue weighted by Crippen LogP contribution is -2.55. The summed E-state index contributed by atoms with van der Waals surface area (Å²) < 4.78 is 0. The summed E-state index contributed by atoms with van der Waals surface area (Å²) in [4.78, 5) is 0. The summed E-state index contributed by atoms with van der Waals surface area (Å²) in [7, 11) is 0. The fourth-order valence-corrected chi connectivity index (χ4v) is 7.45. The zero-order chi connectivity index (χ0) is 16.6. The fourth-order valence-electron chi connectivity index (χ4n) is 7.45. The SMILES string of the molecule is Cc1cc(O)cc2c1[C@]1(C)CCC3C(C)(C)CCC[C@]3(C)[C@@H]1C2. The number of benzene rings is 1. The van der Waals surface area contributed by atoms with Crippen LogP contribution in [-0.4, -0.2) is 5.11 Å². The summed E-state index contributed by atoms with van der Waals surface area (Å²) in [5.41, 5.74) is 5.56. The van der Waals surface area contributed by atoms with Gasteiger partial charge in [0.1, 0.15) is 5.75 Å². The quantitative estimate of drug-likeness (QED) is 0.646. The molecule has 2 fully saturated rings. The van der Waals surface area contributed by atoms with Gasteiger partial charge in [-0.2, -0.15) is 0 Å². The second-order valence-electron chi connectivity index (χ2n) is 9.91. The molecule has 0 radical (unpaired) electrons. The third-order valence-electron chi connectivity index (χ3n) is 8.19. The Labute approximate surface area is 141 Å². The van der Waals surface area contributed by atoms with Crippen molar-refractivity contribution >= 4 is 0 Å². The van der Waals surface area contributed by atoms with Gasteiger partial charge in [-0.15, -0.1) is 0 Å². The number of phenolic OH excluding ortho intramolecular Hbond substituents is 1. The minimum absolute atomic E-state index is 0.311. The zero-order valence-corrected chi connectivity index (χ0v) is 15.5. The average molecular weight is 312 g/mol. The highest BCUT2D eigenvalue weighted by Crippen LogP contribution is 2.67. The molecule has 3 aliphatic carbocycles. The van der Waals surface area contributed by atoms with Crippen LogP contribution in [0.25, 0.3) is 0 Å². The molecular formula is C22H32O. The van der Waals surface area contributed by atoms with Crippen LogP contribution >= 0.6 is 0 Å². The second kappa shape index (κ2) is 4.55. The molecule has 0 heterocycles. The molecule has 1 aromatic rings. The topological polar surface area (TPSA) is 20.2 Å². The van der Waals surface area contributed by atoms with E-state index >= 15 is 0 Å². The number of phenols is 1. The van der Waals surface area contributed by atoms with Gasteiger partial charge in [0.25, 0.3) is 0 Å². The van der Waals surface area contributed by atoms with Crippen molar-refractivity contribution in [3.05, 3.63) is 28.8 Å². The van der Waals surface area contributed by atoms with Gasteiger partial charge >= 0.3 is 0 Å². The first kappa shape index (κ1) is 15.5. The molecule has 126 valence electrons. The number of rotatable bonds is 0. The van der Waals surface area contributed by atoms with Crippen molar-refractivity contribution in [2.24, 2.45) is 22.7 Å². The highest BCUT2D eigenvalue weighted by Gasteiger charge is 2.61. The Morgan fingerprint density at radius 1 is 1.00 bits per heavy atom. The lowest BCUT2D eigenvalue weighted by molar-refractivity contribution is -0.0983. The monoisotopic (exact) mass is 312 g/mol. The number of aryl methyl sites for hydroxylation is 1. The Balaban J connectivity index is 1.84. The molecule has 23 heavy (non-hydrogen) atoms. The van der Waals surface area contributed by atoms with E-state index in [1.54, 1.807) is 5.56 Å². The fraction of sp³-hybridized carbons (Fsp3) is 0.727. The Kier molecular flexibility index (Phi) is 3.08. The first-order chi connectivity index (χ1) is 10.7. The third kappa shape index (κ3) is 1.91. The van der Waals surface area contributed by atoms with Gasteiger partial charge in [-0.25, -0.2) is 0 Å². The standard InChI is InChI=1S/C22H32O/c1-14-11-16(23)12-15-13-18-21(4)9-6-8-20(2,3)17(21)7-10-22(18,5)19(14)15/h11-12,17-18,23H,6-10,13H2,1-5H3/t17?,18-,21-,22+/m0/s1. The molecule has 0 aliphatic heterocycles. The van der Waals surface area contributed by atoms with E-state index in [1.807, 2.05) is 6.07 Å². The molecule has 1 aromatic carbocycles. The highest BCUT2D eigenvalue weighted by molar-refractivity contribution is 5.50. The van der Waals surface area contributed by atoms with Crippen LogP contribution in [0.5, 0.6) is 5.75 Å². The van der Waals surface area contributed by atoms with Crippen molar-refractivity contribution in [2.75, 3.05) is 0 Å². The zero-order valence-electron chi connectivity index (χ0n) is 15.5. The number of hydrogen-bond donors (Lipinski definition) is 1. The van der Waals surface area contributed by atoms with Gasteiger partial charge in [-0.05, 0) is 95.9 Å². The molecule has 1 heteroatoms. The Hall–Kier alpha value is -0.980. The van der Waals surface area contributed by atoms with E-state index in [0.29, 0.717) is 22.0 Å². The maximum absolute atomic E-state index is 10.1. The number of aromatic hydroxyl groups is 1. The van der Waals surface area contributed by atoms with E-state index in [4.69, 9.17) is 0 Å². The van der Waals surface area contributed by atoms with E-state index in [9.17, 15) is 5.11 Å². The Bertz CT molecular complexity index is 658. The molecule has 2 saturated carbocycles. The number of hydrogen-bond acceptors (Lipinski definition) is 1. The summed E-state index contributed by atoms with van der Waals surface area (Å²) in [6.45, 7) is 12.3. The molecule has 3 aliphatic rings. The van der Waals surface area contributed by atoms with Crippen LogP contribution in [-0.2, 0) is 11.8 Å². The minimum atomic E-state index is 0.311. The van der Waals surface area contributed by atoms with Crippen molar-refractivity contribution in [3.63, 3.8) is 0 Å².